The topological polar surface area (TPSA) is 65.5 Å². The van der Waals surface area contributed by atoms with Crippen molar-refractivity contribution in [3.05, 3.63) is 23.7 Å². The third kappa shape index (κ3) is 3.83. The number of aliphatic hydroxyl groups is 1. The normalized spacial score (nSPS) is 10.0. The van der Waals surface area contributed by atoms with Gasteiger partial charge in [-0.3, -0.25) is 4.79 Å². The molecule has 17 heavy (non-hydrogen) atoms. The van der Waals surface area contributed by atoms with Crippen molar-refractivity contribution >= 4 is 22.4 Å². The Morgan fingerprint density at radius 1 is 1.76 bits per heavy atom. The highest BCUT2D eigenvalue weighted by atomic mass is 32.1. The Kier molecular flexibility index (Phi) is 5.65. The summed E-state index contributed by atoms with van der Waals surface area (Å²) in [5.41, 5.74) is 0. The summed E-state index contributed by atoms with van der Waals surface area (Å²) in [5.74, 6) is -0.0919. The maximum Gasteiger partial charge on any atom is 0.265 e. The fourth-order valence-corrected chi connectivity index (χ4v) is 2.09. The standard InChI is InChI=1S/C11H17N3O2S/c1-3-5-12-11-13-8-9(17-11)10(16)14(4-2)6-7-15/h3,8,15H,1,4-7H2,2H3,(H,12,13). The zero-order valence-corrected chi connectivity index (χ0v) is 10.7. The van der Waals surface area contributed by atoms with Crippen LogP contribution in [0.2, 0.25) is 0 Å². The lowest BCUT2D eigenvalue weighted by atomic mass is 10.4. The van der Waals surface area contributed by atoms with E-state index in [1.807, 2.05) is 6.92 Å². The van der Waals surface area contributed by atoms with Gasteiger partial charge in [0.2, 0.25) is 0 Å². The summed E-state index contributed by atoms with van der Waals surface area (Å²) in [5, 5.41) is 12.6. The Morgan fingerprint density at radius 2 is 2.53 bits per heavy atom. The number of amides is 1. The van der Waals surface area contributed by atoms with E-state index in [0.29, 0.717) is 29.6 Å². The monoisotopic (exact) mass is 255 g/mol. The summed E-state index contributed by atoms with van der Waals surface area (Å²) >= 11 is 1.31. The first-order chi connectivity index (χ1) is 8.22. The van der Waals surface area contributed by atoms with E-state index < -0.39 is 0 Å². The lowest BCUT2D eigenvalue weighted by Gasteiger charge is -2.18. The Morgan fingerprint density at radius 3 is 3.12 bits per heavy atom. The smallest absolute Gasteiger partial charge is 0.265 e. The third-order valence-electron chi connectivity index (χ3n) is 2.15. The van der Waals surface area contributed by atoms with Crippen LogP contribution in [0.15, 0.2) is 18.9 Å². The number of anilines is 1. The summed E-state index contributed by atoms with van der Waals surface area (Å²) < 4.78 is 0. The molecule has 1 heterocycles. The number of likely N-dealkylation sites (N-methyl/N-ethyl adjacent to an activating group) is 1. The van der Waals surface area contributed by atoms with E-state index in [4.69, 9.17) is 5.11 Å². The molecule has 0 saturated carbocycles. The first-order valence-electron chi connectivity index (χ1n) is 5.43. The average molecular weight is 255 g/mol. The van der Waals surface area contributed by atoms with Gasteiger partial charge in [-0.1, -0.05) is 17.4 Å². The molecule has 1 amide bonds. The molecule has 0 saturated heterocycles. The van der Waals surface area contributed by atoms with E-state index >= 15 is 0 Å². The molecule has 0 atom stereocenters. The highest BCUT2D eigenvalue weighted by Gasteiger charge is 2.16. The van der Waals surface area contributed by atoms with Gasteiger partial charge in [0, 0.05) is 19.6 Å². The molecule has 0 aliphatic rings. The van der Waals surface area contributed by atoms with Crippen LogP contribution < -0.4 is 5.32 Å². The second-order valence-corrected chi connectivity index (χ2v) is 4.34. The van der Waals surface area contributed by atoms with Crippen molar-refractivity contribution in [3.8, 4) is 0 Å². The minimum Gasteiger partial charge on any atom is -0.395 e. The second kappa shape index (κ2) is 7.03. The zero-order valence-electron chi connectivity index (χ0n) is 9.85. The van der Waals surface area contributed by atoms with Crippen LogP contribution in [0.1, 0.15) is 16.6 Å². The molecular formula is C11H17N3O2S. The number of hydrogen-bond donors (Lipinski definition) is 2. The number of nitrogens with one attached hydrogen (secondary N) is 1. The zero-order chi connectivity index (χ0) is 12.7. The number of aromatic nitrogens is 1. The van der Waals surface area contributed by atoms with Gasteiger partial charge in [-0.25, -0.2) is 4.98 Å². The lowest BCUT2D eigenvalue weighted by Crippen LogP contribution is -2.32. The summed E-state index contributed by atoms with van der Waals surface area (Å²) in [7, 11) is 0. The van der Waals surface area contributed by atoms with Crippen LogP contribution in [-0.2, 0) is 0 Å². The van der Waals surface area contributed by atoms with Crippen LogP contribution in [0.4, 0.5) is 5.13 Å². The Bertz CT molecular complexity index is 379. The van der Waals surface area contributed by atoms with E-state index in [9.17, 15) is 4.79 Å². The number of hydrogen-bond acceptors (Lipinski definition) is 5. The average Bonchev–Trinajstić information content (AvgIpc) is 2.81. The highest BCUT2D eigenvalue weighted by molar-refractivity contribution is 7.17. The van der Waals surface area contributed by atoms with Gasteiger partial charge in [0.05, 0.1) is 12.8 Å². The number of carbonyl (C=O) groups is 1. The molecule has 6 heteroatoms. The first kappa shape index (κ1) is 13.7. The van der Waals surface area contributed by atoms with Gasteiger partial charge in [-0.15, -0.1) is 6.58 Å². The summed E-state index contributed by atoms with van der Waals surface area (Å²) in [6.45, 7) is 6.99. The quantitative estimate of drug-likeness (QED) is 0.718. The highest BCUT2D eigenvalue weighted by Crippen LogP contribution is 2.19. The molecule has 0 aromatic carbocycles. The maximum absolute atomic E-state index is 12.0. The van der Waals surface area contributed by atoms with Gasteiger partial charge in [0.15, 0.2) is 5.13 Å². The van der Waals surface area contributed by atoms with Crippen molar-refractivity contribution < 1.29 is 9.90 Å². The van der Waals surface area contributed by atoms with Crippen molar-refractivity contribution in [2.45, 2.75) is 6.92 Å². The Hall–Kier alpha value is -1.40. The number of aliphatic hydroxyl groups excluding tert-OH is 1. The molecule has 0 spiro atoms. The van der Waals surface area contributed by atoms with E-state index in [2.05, 4.69) is 16.9 Å². The number of carbonyl (C=O) groups excluding carboxylic acids is 1. The van der Waals surface area contributed by atoms with Crippen LogP contribution in [0.5, 0.6) is 0 Å². The molecule has 0 aliphatic heterocycles. The molecule has 94 valence electrons. The molecule has 2 N–H and O–H groups in total. The van der Waals surface area contributed by atoms with Crippen molar-refractivity contribution in [2.24, 2.45) is 0 Å². The molecule has 1 aromatic rings. The molecular weight excluding hydrogens is 238 g/mol. The van der Waals surface area contributed by atoms with Crippen molar-refractivity contribution in [1.29, 1.82) is 0 Å². The SMILES string of the molecule is C=CCNc1ncc(C(=O)N(CC)CCO)s1. The van der Waals surface area contributed by atoms with Crippen LogP contribution in [0.25, 0.3) is 0 Å². The molecule has 5 nitrogen and oxygen atoms in total. The summed E-state index contributed by atoms with van der Waals surface area (Å²) in [4.78, 5) is 18.3. The van der Waals surface area contributed by atoms with E-state index in [1.165, 1.54) is 11.3 Å². The van der Waals surface area contributed by atoms with E-state index in [0.717, 1.165) is 0 Å². The van der Waals surface area contributed by atoms with Crippen LogP contribution in [0.3, 0.4) is 0 Å². The largest absolute Gasteiger partial charge is 0.395 e. The van der Waals surface area contributed by atoms with Crippen LogP contribution in [0, 0.1) is 0 Å². The summed E-state index contributed by atoms with van der Waals surface area (Å²) in [6, 6.07) is 0. The molecule has 1 rings (SSSR count). The number of rotatable bonds is 7. The van der Waals surface area contributed by atoms with E-state index in [1.54, 1.807) is 17.2 Å². The van der Waals surface area contributed by atoms with E-state index in [-0.39, 0.29) is 12.5 Å². The van der Waals surface area contributed by atoms with Gasteiger partial charge in [0.1, 0.15) is 4.88 Å². The van der Waals surface area contributed by atoms with Crippen molar-refractivity contribution in [3.63, 3.8) is 0 Å². The minimum atomic E-state index is -0.0919. The van der Waals surface area contributed by atoms with Crippen LogP contribution >= 0.6 is 11.3 Å². The van der Waals surface area contributed by atoms with Gasteiger partial charge >= 0.3 is 0 Å². The molecule has 1 aromatic heterocycles. The summed E-state index contributed by atoms with van der Waals surface area (Å²) in [6.07, 6.45) is 3.28. The lowest BCUT2D eigenvalue weighted by molar-refractivity contribution is 0.0736. The van der Waals surface area contributed by atoms with Crippen molar-refractivity contribution in [2.75, 3.05) is 31.6 Å². The molecule has 0 aliphatic carbocycles. The predicted octanol–water partition coefficient (Wildman–Crippen LogP) is 1.20. The van der Waals surface area contributed by atoms with Gasteiger partial charge in [-0.2, -0.15) is 0 Å². The first-order valence-corrected chi connectivity index (χ1v) is 6.25. The maximum atomic E-state index is 12.0. The third-order valence-corrected chi connectivity index (χ3v) is 3.10. The van der Waals surface area contributed by atoms with Gasteiger partial charge < -0.3 is 15.3 Å². The Balaban J connectivity index is 2.67. The van der Waals surface area contributed by atoms with Crippen LogP contribution in [-0.4, -0.2) is 47.1 Å². The molecule has 0 fully saturated rings. The molecule has 0 bridgehead atoms. The predicted molar refractivity (Wildman–Crippen MR) is 69.5 cm³/mol. The fourth-order valence-electron chi connectivity index (χ4n) is 1.29. The Labute approximate surface area is 105 Å². The minimum absolute atomic E-state index is 0.0278. The number of nitrogens with zero attached hydrogens (tertiary/aromatic N) is 2. The number of thiazole rings is 1. The molecule has 0 unspecified atom stereocenters. The fraction of sp³-hybridized carbons (Fsp3) is 0.455. The second-order valence-electron chi connectivity index (χ2n) is 3.31. The van der Waals surface area contributed by atoms with Gasteiger partial charge in [-0.05, 0) is 6.92 Å². The molecule has 0 radical (unpaired) electrons. The van der Waals surface area contributed by atoms with Gasteiger partial charge in [0.25, 0.3) is 5.91 Å². The van der Waals surface area contributed by atoms with Crippen molar-refractivity contribution in [1.82, 2.24) is 9.88 Å².